The zero-order valence-corrected chi connectivity index (χ0v) is 15.6. The Morgan fingerprint density at radius 1 is 0.966 bits per heavy atom. The fourth-order valence-corrected chi connectivity index (χ4v) is 3.17. The Kier molecular flexibility index (Phi) is 5.29. The summed E-state index contributed by atoms with van der Waals surface area (Å²) in [5, 5.41) is 14.7. The highest BCUT2D eigenvalue weighted by Crippen LogP contribution is 2.24. The Hall–Kier alpha value is -3.99. The molecule has 0 atom stereocenters. The monoisotopic (exact) mass is 381 g/mol. The summed E-state index contributed by atoms with van der Waals surface area (Å²) in [6.07, 6.45) is 3.93. The fraction of sp³-hybridized carbons (Fsp3) is 0.0417. The van der Waals surface area contributed by atoms with Gasteiger partial charge in [0.2, 0.25) is 0 Å². The first-order valence-electron chi connectivity index (χ1n) is 9.24. The van der Waals surface area contributed by atoms with E-state index in [1.165, 1.54) is 5.56 Å². The highest BCUT2D eigenvalue weighted by molar-refractivity contribution is 6.01. The molecule has 0 bridgehead atoms. The fourth-order valence-electron chi connectivity index (χ4n) is 3.17. The average molecular weight is 381 g/mol. The third-order valence-electron chi connectivity index (χ3n) is 4.59. The maximum Gasteiger partial charge on any atom is 0.271 e. The molecule has 0 spiro atoms. The van der Waals surface area contributed by atoms with Crippen LogP contribution in [0.2, 0.25) is 0 Å². The number of benzene rings is 3. The van der Waals surface area contributed by atoms with Gasteiger partial charge in [0.15, 0.2) is 0 Å². The largest absolute Gasteiger partial charge is 0.506 e. The number of hydrogen-bond acceptors (Lipinski definition) is 4. The van der Waals surface area contributed by atoms with Crippen molar-refractivity contribution in [2.45, 2.75) is 6.42 Å². The molecule has 142 valence electrons. The Labute approximate surface area is 168 Å². The average Bonchev–Trinajstić information content (AvgIpc) is 2.76. The van der Waals surface area contributed by atoms with Crippen LogP contribution in [0.5, 0.6) is 5.75 Å². The number of hydrogen-bond donors (Lipinski definition) is 2. The minimum atomic E-state index is -0.280. The quantitative estimate of drug-likeness (QED) is 0.400. The molecule has 5 heteroatoms. The van der Waals surface area contributed by atoms with Crippen molar-refractivity contribution in [2.24, 2.45) is 5.10 Å². The molecule has 0 radical (unpaired) electrons. The second-order valence-electron chi connectivity index (χ2n) is 6.64. The molecular formula is C24H19N3O2. The number of phenolic OH excluding ortho intramolecular Hbond substituents is 1. The van der Waals surface area contributed by atoms with E-state index in [4.69, 9.17) is 0 Å². The molecule has 5 nitrogen and oxygen atoms in total. The van der Waals surface area contributed by atoms with Crippen molar-refractivity contribution in [3.63, 3.8) is 0 Å². The molecule has 4 aromatic rings. The van der Waals surface area contributed by atoms with Crippen LogP contribution in [0.15, 0.2) is 90.2 Å². The Balaban J connectivity index is 1.48. The van der Waals surface area contributed by atoms with Crippen molar-refractivity contribution in [1.82, 2.24) is 10.4 Å². The SMILES string of the molecule is O=C(N/N=C/c1ccc(O)c2ncccc12)c1cccc(Cc2ccccc2)c1. The number of phenols is 1. The van der Waals surface area contributed by atoms with Crippen LogP contribution in [0.4, 0.5) is 0 Å². The van der Waals surface area contributed by atoms with E-state index in [0.717, 1.165) is 22.9 Å². The number of rotatable bonds is 5. The van der Waals surface area contributed by atoms with Crippen LogP contribution in [0.25, 0.3) is 10.9 Å². The van der Waals surface area contributed by atoms with Crippen LogP contribution in [-0.4, -0.2) is 22.2 Å². The van der Waals surface area contributed by atoms with Crippen molar-refractivity contribution in [3.05, 3.63) is 107 Å². The summed E-state index contributed by atoms with van der Waals surface area (Å²) in [5.41, 5.74) is 6.61. The van der Waals surface area contributed by atoms with E-state index < -0.39 is 0 Å². The number of hydrazone groups is 1. The van der Waals surface area contributed by atoms with Gasteiger partial charge in [-0.15, -0.1) is 0 Å². The van der Waals surface area contributed by atoms with Gasteiger partial charge < -0.3 is 5.11 Å². The molecule has 0 aliphatic carbocycles. The van der Waals surface area contributed by atoms with Crippen LogP contribution < -0.4 is 5.43 Å². The lowest BCUT2D eigenvalue weighted by atomic mass is 10.0. The van der Waals surface area contributed by atoms with Gasteiger partial charge >= 0.3 is 0 Å². The standard InChI is InChI=1S/C24H19N3O2/c28-22-12-11-20(21-10-5-13-25-23(21)22)16-26-27-24(29)19-9-4-8-18(15-19)14-17-6-2-1-3-7-17/h1-13,15-16,28H,14H2,(H,27,29)/b26-16+. The van der Waals surface area contributed by atoms with Crippen LogP contribution in [-0.2, 0) is 6.42 Å². The first-order valence-corrected chi connectivity index (χ1v) is 9.24. The molecule has 0 saturated carbocycles. The van der Waals surface area contributed by atoms with Crippen LogP contribution in [0, 0.1) is 0 Å². The number of amides is 1. The minimum Gasteiger partial charge on any atom is -0.506 e. The number of fused-ring (bicyclic) bond motifs is 1. The molecule has 1 aromatic heterocycles. The number of aromatic nitrogens is 1. The maximum absolute atomic E-state index is 12.5. The third kappa shape index (κ3) is 4.30. The van der Waals surface area contributed by atoms with E-state index in [1.54, 1.807) is 36.7 Å². The van der Waals surface area contributed by atoms with Gasteiger partial charge in [-0.25, -0.2) is 5.43 Å². The number of nitrogens with zero attached hydrogens (tertiary/aromatic N) is 2. The smallest absolute Gasteiger partial charge is 0.271 e. The maximum atomic E-state index is 12.5. The molecule has 0 fully saturated rings. The molecule has 1 amide bonds. The molecule has 3 aromatic carbocycles. The van der Waals surface area contributed by atoms with Crippen molar-refractivity contribution < 1.29 is 9.90 Å². The van der Waals surface area contributed by atoms with Gasteiger partial charge in [0, 0.05) is 22.7 Å². The lowest BCUT2D eigenvalue weighted by Gasteiger charge is -2.05. The van der Waals surface area contributed by atoms with E-state index in [1.807, 2.05) is 42.5 Å². The predicted octanol–water partition coefficient (Wildman–Crippen LogP) is 4.30. The minimum absolute atomic E-state index is 0.108. The number of pyridine rings is 1. The summed E-state index contributed by atoms with van der Waals surface area (Å²) in [7, 11) is 0. The van der Waals surface area contributed by atoms with Gasteiger partial charge in [-0.3, -0.25) is 9.78 Å². The van der Waals surface area contributed by atoms with Crippen LogP contribution in [0.1, 0.15) is 27.0 Å². The summed E-state index contributed by atoms with van der Waals surface area (Å²) in [4.78, 5) is 16.7. The molecular weight excluding hydrogens is 362 g/mol. The molecule has 29 heavy (non-hydrogen) atoms. The first-order chi connectivity index (χ1) is 14.2. The van der Waals surface area contributed by atoms with Crippen molar-refractivity contribution in [3.8, 4) is 5.75 Å². The van der Waals surface area contributed by atoms with Crippen LogP contribution >= 0.6 is 0 Å². The van der Waals surface area contributed by atoms with Gasteiger partial charge in [-0.1, -0.05) is 48.5 Å². The zero-order valence-electron chi connectivity index (χ0n) is 15.6. The Morgan fingerprint density at radius 2 is 1.79 bits per heavy atom. The van der Waals surface area contributed by atoms with E-state index in [0.29, 0.717) is 11.1 Å². The van der Waals surface area contributed by atoms with Gasteiger partial charge in [0.25, 0.3) is 5.91 Å². The first kappa shape index (κ1) is 18.4. The number of carbonyl (C=O) groups excluding carboxylic acids is 1. The normalized spacial score (nSPS) is 11.0. The summed E-state index contributed by atoms with van der Waals surface area (Å²) in [5.74, 6) is -0.172. The summed E-state index contributed by atoms with van der Waals surface area (Å²) < 4.78 is 0. The summed E-state index contributed by atoms with van der Waals surface area (Å²) >= 11 is 0. The summed E-state index contributed by atoms with van der Waals surface area (Å²) in [6.45, 7) is 0. The third-order valence-corrected chi connectivity index (χ3v) is 4.59. The molecule has 0 unspecified atom stereocenters. The van der Waals surface area contributed by atoms with Gasteiger partial charge in [-0.2, -0.15) is 5.10 Å². The van der Waals surface area contributed by atoms with E-state index >= 15 is 0 Å². The molecule has 2 N–H and O–H groups in total. The number of aromatic hydroxyl groups is 1. The van der Waals surface area contributed by atoms with Crippen molar-refractivity contribution in [1.29, 1.82) is 0 Å². The van der Waals surface area contributed by atoms with E-state index in [9.17, 15) is 9.90 Å². The second-order valence-corrected chi connectivity index (χ2v) is 6.64. The topological polar surface area (TPSA) is 74.6 Å². The van der Waals surface area contributed by atoms with Gasteiger partial charge in [0.1, 0.15) is 11.3 Å². The lowest BCUT2D eigenvalue weighted by molar-refractivity contribution is 0.0955. The zero-order chi connectivity index (χ0) is 20.1. The second kappa shape index (κ2) is 8.35. The Morgan fingerprint density at radius 3 is 2.66 bits per heavy atom. The highest BCUT2D eigenvalue weighted by Gasteiger charge is 2.07. The predicted molar refractivity (Wildman–Crippen MR) is 114 cm³/mol. The number of nitrogens with one attached hydrogen (secondary N) is 1. The van der Waals surface area contributed by atoms with Crippen molar-refractivity contribution >= 4 is 23.0 Å². The van der Waals surface area contributed by atoms with Gasteiger partial charge in [-0.05, 0) is 47.9 Å². The van der Waals surface area contributed by atoms with Crippen LogP contribution in [0.3, 0.4) is 0 Å². The van der Waals surface area contributed by atoms with E-state index in [-0.39, 0.29) is 11.7 Å². The molecule has 4 rings (SSSR count). The Bertz CT molecular complexity index is 1190. The van der Waals surface area contributed by atoms with E-state index in [2.05, 4.69) is 27.6 Å². The number of carbonyl (C=O) groups is 1. The molecule has 1 heterocycles. The molecule has 0 aliphatic rings. The van der Waals surface area contributed by atoms with Gasteiger partial charge in [0.05, 0.1) is 6.21 Å². The van der Waals surface area contributed by atoms with Crippen molar-refractivity contribution in [2.75, 3.05) is 0 Å². The molecule has 0 aliphatic heterocycles. The highest BCUT2D eigenvalue weighted by atomic mass is 16.3. The lowest BCUT2D eigenvalue weighted by Crippen LogP contribution is -2.17. The summed E-state index contributed by atoms with van der Waals surface area (Å²) in [6, 6.07) is 24.6. The molecule has 0 saturated heterocycles.